The summed E-state index contributed by atoms with van der Waals surface area (Å²) in [4.78, 5) is 11.6. The van der Waals surface area contributed by atoms with Crippen molar-refractivity contribution in [3.8, 4) is 16.9 Å². The first-order chi connectivity index (χ1) is 11.6. The molecule has 0 fully saturated rings. The molecular weight excluding hydrogens is 342 g/mol. The van der Waals surface area contributed by atoms with Crippen LogP contribution in [0.5, 0.6) is 0 Å². The highest BCUT2D eigenvalue weighted by molar-refractivity contribution is 7.98. The highest BCUT2D eigenvalue weighted by Gasteiger charge is 2.13. The Bertz CT molecular complexity index is 859. The Morgan fingerprint density at radius 1 is 1.00 bits per heavy atom. The van der Waals surface area contributed by atoms with Crippen molar-refractivity contribution in [3.05, 3.63) is 64.7 Å². The number of non-ortho nitro benzene ring substituents is 1. The summed E-state index contributed by atoms with van der Waals surface area (Å²) in [5.74, 6) is 0. The minimum Gasteiger partial charge on any atom is -0.258 e. The van der Waals surface area contributed by atoms with E-state index in [1.807, 2.05) is 23.3 Å². The first kappa shape index (κ1) is 16.6. The van der Waals surface area contributed by atoms with Gasteiger partial charge in [-0.2, -0.15) is 5.10 Å². The van der Waals surface area contributed by atoms with Gasteiger partial charge in [0.25, 0.3) is 5.69 Å². The normalized spacial score (nSPS) is 10.8. The van der Waals surface area contributed by atoms with Gasteiger partial charge >= 0.3 is 0 Å². The molecule has 1 aromatic heterocycles. The summed E-state index contributed by atoms with van der Waals surface area (Å²) >= 11 is 3.26. The molecule has 0 N–H and O–H groups in total. The lowest BCUT2D eigenvalue weighted by atomic mass is 10.1. The van der Waals surface area contributed by atoms with Gasteiger partial charge in [-0.15, -0.1) is 23.5 Å². The third-order valence-corrected chi connectivity index (χ3v) is 4.95. The van der Waals surface area contributed by atoms with E-state index in [1.165, 1.54) is 17.0 Å². The number of nitro groups is 1. The highest BCUT2D eigenvalue weighted by Crippen LogP contribution is 2.29. The monoisotopic (exact) mass is 357 g/mol. The second-order valence-corrected chi connectivity index (χ2v) is 6.69. The van der Waals surface area contributed by atoms with Crippen LogP contribution < -0.4 is 0 Å². The second-order valence-electron chi connectivity index (χ2n) is 4.99. The van der Waals surface area contributed by atoms with E-state index in [2.05, 4.69) is 29.4 Å². The predicted octanol–water partition coefficient (Wildman–Crippen LogP) is 4.89. The number of hydrogen-bond donors (Lipinski definition) is 0. The molecule has 0 aliphatic carbocycles. The second kappa shape index (κ2) is 7.11. The molecule has 122 valence electrons. The fourth-order valence-corrected chi connectivity index (χ4v) is 3.14. The van der Waals surface area contributed by atoms with E-state index in [1.54, 1.807) is 35.7 Å². The maximum atomic E-state index is 10.8. The molecule has 0 saturated carbocycles. The molecule has 0 aliphatic rings. The standard InChI is InChI=1S/C17H15N3O2S2/c1-23-15-9-3-12(4-10-15)16-11-17(24-2)18-19(16)13-5-7-14(8-6-13)20(21)22/h3-11H,1-2H3. The molecule has 0 unspecified atom stereocenters. The van der Waals surface area contributed by atoms with Gasteiger partial charge in [0.15, 0.2) is 0 Å². The van der Waals surface area contributed by atoms with Gasteiger partial charge in [-0.05, 0) is 42.8 Å². The Balaban J connectivity index is 2.06. The van der Waals surface area contributed by atoms with Gasteiger partial charge in [0.2, 0.25) is 0 Å². The Morgan fingerprint density at radius 3 is 2.21 bits per heavy atom. The Morgan fingerprint density at radius 2 is 1.67 bits per heavy atom. The molecule has 3 rings (SSSR count). The smallest absolute Gasteiger partial charge is 0.258 e. The van der Waals surface area contributed by atoms with Crippen LogP contribution in [0.15, 0.2) is 64.5 Å². The zero-order chi connectivity index (χ0) is 17.1. The zero-order valence-electron chi connectivity index (χ0n) is 13.2. The van der Waals surface area contributed by atoms with Crippen LogP contribution in [0.1, 0.15) is 0 Å². The number of nitrogens with zero attached hydrogens (tertiary/aromatic N) is 3. The number of nitro benzene ring substituents is 1. The molecule has 0 spiro atoms. The Kier molecular flexibility index (Phi) is 4.92. The van der Waals surface area contributed by atoms with E-state index in [0.29, 0.717) is 0 Å². The van der Waals surface area contributed by atoms with Crippen LogP contribution in [0.25, 0.3) is 16.9 Å². The fourth-order valence-electron chi connectivity index (χ4n) is 2.34. The Hall–Kier alpha value is -2.25. The molecule has 24 heavy (non-hydrogen) atoms. The van der Waals surface area contributed by atoms with Gasteiger partial charge < -0.3 is 0 Å². The van der Waals surface area contributed by atoms with E-state index >= 15 is 0 Å². The molecule has 0 saturated heterocycles. The maximum Gasteiger partial charge on any atom is 0.269 e. The number of rotatable bonds is 5. The molecule has 7 heteroatoms. The minimum atomic E-state index is -0.401. The first-order valence-electron chi connectivity index (χ1n) is 7.15. The van der Waals surface area contributed by atoms with Crippen LogP contribution in [0.3, 0.4) is 0 Å². The molecule has 0 radical (unpaired) electrons. The summed E-state index contributed by atoms with van der Waals surface area (Å²) in [6.07, 6.45) is 4.02. The van der Waals surface area contributed by atoms with Crippen molar-refractivity contribution in [2.24, 2.45) is 0 Å². The molecule has 0 aliphatic heterocycles. The number of thioether (sulfide) groups is 2. The Labute approximate surface area is 148 Å². The third-order valence-electron chi connectivity index (χ3n) is 3.59. The van der Waals surface area contributed by atoms with Crippen molar-refractivity contribution in [1.82, 2.24) is 9.78 Å². The molecule has 5 nitrogen and oxygen atoms in total. The summed E-state index contributed by atoms with van der Waals surface area (Å²) in [5.41, 5.74) is 2.88. The largest absolute Gasteiger partial charge is 0.269 e. The van der Waals surface area contributed by atoms with Crippen molar-refractivity contribution in [2.75, 3.05) is 12.5 Å². The minimum absolute atomic E-state index is 0.0712. The zero-order valence-corrected chi connectivity index (χ0v) is 14.8. The van der Waals surface area contributed by atoms with Crippen LogP contribution in [-0.2, 0) is 0 Å². The lowest BCUT2D eigenvalue weighted by Crippen LogP contribution is -1.99. The molecule has 1 heterocycles. The van der Waals surface area contributed by atoms with Crippen LogP contribution in [0, 0.1) is 10.1 Å². The van der Waals surface area contributed by atoms with E-state index in [-0.39, 0.29) is 5.69 Å². The lowest BCUT2D eigenvalue weighted by Gasteiger charge is -2.08. The van der Waals surface area contributed by atoms with E-state index in [9.17, 15) is 10.1 Å². The van der Waals surface area contributed by atoms with Gasteiger partial charge in [0, 0.05) is 22.6 Å². The van der Waals surface area contributed by atoms with Gasteiger partial charge in [-0.25, -0.2) is 4.68 Å². The summed E-state index contributed by atoms with van der Waals surface area (Å²) in [6, 6.07) is 16.7. The van der Waals surface area contributed by atoms with Crippen molar-refractivity contribution in [1.29, 1.82) is 0 Å². The average molecular weight is 357 g/mol. The fraction of sp³-hybridized carbons (Fsp3) is 0.118. The van der Waals surface area contributed by atoms with E-state index < -0.39 is 4.92 Å². The summed E-state index contributed by atoms with van der Waals surface area (Å²) < 4.78 is 1.82. The topological polar surface area (TPSA) is 61.0 Å². The molecule has 0 amide bonds. The highest BCUT2D eigenvalue weighted by atomic mass is 32.2. The third kappa shape index (κ3) is 3.32. The van der Waals surface area contributed by atoms with Crippen LogP contribution in [0.2, 0.25) is 0 Å². The SMILES string of the molecule is CSc1ccc(-c2cc(SC)nn2-c2ccc([N+](=O)[O-])cc2)cc1. The van der Waals surface area contributed by atoms with E-state index in [4.69, 9.17) is 0 Å². The molecular formula is C17H15N3O2S2. The van der Waals surface area contributed by atoms with Crippen LogP contribution in [0.4, 0.5) is 5.69 Å². The molecule has 3 aromatic rings. The van der Waals surface area contributed by atoms with Crippen molar-refractivity contribution < 1.29 is 4.92 Å². The van der Waals surface area contributed by atoms with Gasteiger partial charge in [0.1, 0.15) is 5.03 Å². The van der Waals surface area contributed by atoms with E-state index in [0.717, 1.165) is 22.0 Å². The molecule has 0 atom stereocenters. The van der Waals surface area contributed by atoms with Gasteiger partial charge in [0.05, 0.1) is 16.3 Å². The number of hydrogen-bond acceptors (Lipinski definition) is 5. The van der Waals surface area contributed by atoms with Gasteiger partial charge in [-0.3, -0.25) is 10.1 Å². The summed E-state index contributed by atoms with van der Waals surface area (Å²) in [5, 5.41) is 16.3. The molecule has 0 bridgehead atoms. The van der Waals surface area contributed by atoms with Crippen molar-refractivity contribution in [2.45, 2.75) is 9.92 Å². The van der Waals surface area contributed by atoms with Crippen molar-refractivity contribution in [3.63, 3.8) is 0 Å². The maximum absolute atomic E-state index is 10.8. The summed E-state index contributed by atoms with van der Waals surface area (Å²) in [7, 11) is 0. The quantitative estimate of drug-likeness (QED) is 0.369. The van der Waals surface area contributed by atoms with Crippen LogP contribution in [-0.4, -0.2) is 27.2 Å². The summed E-state index contributed by atoms with van der Waals surface area (Å²) in [6.45, 7) is 0. The number of aromatic nitrogens is 2. The first-order valence-corrected chi connectivity index (χ1v) is 9.60. The predicted molar refractivity (Wildman–Crippen MR) is 99.2 cm³/mol. The number of benzene rings is 2. The molecule has 2 aromatic carbocycles. The van der Waals surface area contributed by atoms with Crippen molar-refractivity contribution >= 4 is 29.2 Å². The van der Waals surface area contributed by atoms with Gasteiger partial charge in [-0.1, -0.05) is 12.1 Å². The lowest BCUT2D eigenvalue weighted by molar-refractivity contribution is -0.384. The van der Waals surface area contributed by atoms with Crippen LogP contribution >= 0.6 is 23.5 Å². The average Bonchev–Trinajstić information content (AvgIpc) is 3.06.